The summed E-state index contributed by atoms with van der Waals surface area (Å²) in [6.07, 6.45) is 0.918. The van der Waals surface area contributed by atoms with Crippen molar-refractivity contribution in [3.63, 3.8) is 0 Å². The molecule has 0 aliphatic heterocycles. The van der Waals surface area contributed by atoms with Crippen molar-refractivity contribution in [1.29, 1.82) is 0 Å². The van der Waals surface area contributed by atoms with Gasteiger partial charge in [0.15, 0.2) is 11.5 Å². The fourth-order valence-electron chi connectivity index (χ4n) is 2.38. The van der Waals surface area contributed by atoms with Crippen molar-refractivity contribution in [1.82, 2.24) is 0 Å². The fourth-order valence-corrected chi connectivity index (χ4v) is 2.38. The van der Waals surface area contributed by atoms with E-state index in [9.17, 15) is 20.1 Å². The molecule has 1 aromatic rings. The molecule has 20 heavy (non-hydrogen) atoms. The van der Waals surface area contributed by atoms with Crippen molar-refractivity contribution in [2.75, 3.05) is 0 Å². The number of carbonyl (C=O) groups is 1. The zero-order valence-corrected chi connectivity index (χ0v) is 11.6. The lowest BCUT2D eigenvalue weighted by Gasteiger charge is -2.25. The Hall–Kier alpha value is -1.95. The number of nitrogens with two attached hydrogens (primary N) is 1. The number of phenols is 3. The zero-order chi connectivity index (χ0) is 15.4. The summed E-state index contributed by atoms with van der Waals surface area (Å²) in [6.45, 7) is 3.70. The first-order chi connectivity index (χ1) is 9.27. The molecule has 0 fully saturated rings. The first kappa shape index (κ1) is 16.1. The van der Waals surface area contributed by atoms with Gasteiger partial charge in [0.25, 0.3) is 0 Å². The number of carboxylic acid groups (broad SMARTS) is 1. The molecule has 0 saturated heterocycles. The van der Waals surface area contributed by atoms with Crippen LogP contribution in [0.3, 0.4) is 0 Å². The van der Waals surface area contributed by atoms with Crippen molar-refractivity contribution in [3.05, 3.63) is 17.7 Å². The van der Waals surface area contributed by atoms with Crippen LogP contribution in [0.2, 0.25) is 0 Å². The molecule has 6 nitrogen and oxygen atoms in total. The van der Waals surface area contributed by atoms with Crippen LogP contribution < -0.4 is 5.73 Å². The van der Waals surface area contributed by atoms with E-state index in [4.69, 9.17) is 10.8 Å². The molecule has 0 spiro atoms. The van der Waals surface area contributed by atoms with E-state index >= 15 is 0 Å². The van der Waals surface area contributed by atoms with Crippen molar-refractivity contribution in [3.8, 4) is 17.2 Å². The molecule has 1 aromatic carbocycles. The molecule has 3 atom stereocenters. The summed E-state index contributed by atoms with van der Waals surface area (Å²) in [4.78, 5) is 10.8. The highest BCUT2D eigenvalue weighted by Gasteiger charge is 2.26. The Bertz CT molecular complexity index is 489. The molecular weight excluding hydrogens is 262 g/mol. The largest absolute Gasteiger partial charge is 0.508 e. The van der Waals surface area contributed by atoms with Gasteiger partial charge >= 0.3 is 5.97 Å². The predicted molar refractivity (Wildman–Crippen MR) is 73.9 cm³/mol. The molecular formula is C14H21NO5. The second-order valence-electron chi connectivity index (χ2n) is 5.04. The van der Waals surface area contributed by atoms with Crippen LogP contribution in [0, 0.1) is 5.92 Å². The standard InChI is InChI=1S/C14H21NO5/c1-3-8(4-11(15)14(19)20)7(2)10-5-9(16)6-12(17)13(10)18/h5-8,11,16-18H,3-4,15H2,1-2H3,(H,19,20). The molecule has 1 rings (SSSR count). The summed E-state index contributed by atoms with van der Waals surface area (Å²) in [7, 11) is 0. The Labute approximate surface area is 117 Å². The number of hydrogen-bond acceptors (Lipinski definition) is 5. The highest BCUT2D eigenvalue weighted by atomic mass is 16.4. The highest BCUT2D eigenvalue weighted by molar-refractivity contribution is 5.73. The molecule has 0 aliphatic carbocycles. The van der Waals surface area contributed by atoms with Crippen molar-refractivity contribution < 1.29 is 25.2 Å². The zero-order valence-electron chi connectivity index (χ0n) is 11.6. The molecule has 3 unspecified atom stereocenters. The Balaban J connectivity index is 3.02. The molecule has 0 amide bonds. The van der Waals surface area contributed by atoms with Gasteiger partial charge in [-0.1, -0.05) is 20.3 Å². The van der Waals surface area contributed by atoms with E-state index in [-0.39, 0.29) is 29.8 Å². The Kier molecular flexibility index (Phi) is 5.21. The normalized spacial score (nSPS) is 15.6. The molecule has 0 heterocycles. The van der Waals surface area contributed by atoms with Crippen LogP contribution in [0.5, 0.6) is 17.2 Å². The minimum Gasteiger partial charge on any atom is -0.508 e. The summed E-state index contributed by atoms with van der Waals surface area (Å²) in [5.41, 5.74) is 5.93. The van der Waals surface area contributed by atoms with Crippen molar-refractivity contribution in [2.45, 2.75) is 38.6 Å². The maximum absolute atomic E-state index is 10.8. The third kappa shape index (κ3) is 3.54. The predicted octanol–water partition coefficient (Wildman–Crippen LogP) is 1.74. The summed E-state index contributed by atoms with van der Waals surface area (Å²) in [5, 5.41) is 37.8. The average Bonchev–Trinajstić information content (AvgIpc) is 2.38. The van der Waals surface area contributed by atoms with Gasteiger partial charge in [0, 0.05) is 11.6 Å². The van der Waals surface area contributed by atoms with Gasteiger partial charge in [-0.2, -0.15) is 0 Å². The van der Waals surface area contributed by atoms with Gasteiger partial charge in [-0.05, 0) is 24.3 Å². The Morgan fingerprint density at radius 2 is 1.90 bits per heavy atom. The number of carboxylic acids is 1. The molecule has 0 aromatic heterocycles. The monoisotopic (exact) mass is 283 g/mol. The lowest BCUT2D eigenvalue weighted by Crippen LogP contribution is -2.33. The van der Waals surface area contributed by atoms with Gasteiger partial charge in [-0.3, -0.25) is 4.79 Å². The van der Waals surface area contributed by atoms with E-state index in [0.29, 0.717) is 12.0 Å². The molecule has 0 radical (unpaired) electrons. The molecule has 0 aliphatic rings. The van der Waals surface area contributed by atoms with E-state index in [1.54, 1.807) is 6.92 Å². The smallest absolute Gasteiger partial charge is 0.320 e. The maximum Gasteiger partial charge on any atom is 0.320 e. The van der Waals surface area contributed by atoms with Crippen LogP contribution >= 0.6 is 0 Å². The topological polar surface area (TPSA) is 124 Å². The van der Waals surface area contributed by atoms with Gasteiger partial charge < -0.3 is 26.2 Å². The SMILES string of the molecule is CCC(CC(N)C(=O)O)C(C)c1cc(O)cc(O)c1O. The van der Waals surface area contributed by atoms with Crippen LogP contribution in [0.4, 0.5) is 0 Å². The van der Waals surface area contributed by atoms with Crippen molar-refractivity contribution >= 4 is 5.97 Å². The maximum atomic E-state index is 10.8. The Morgan fingerprint density at radius 1 is 1.30 bits per heavy atom. The van der Waals surface area contributed by atoms with Gasteiger partial charge in [0.05, 0.1) is 0 Å². The van der Waals surface area contributed by atoms with Crippen LogP contribution in [0.15, 0.2) is 12.1 Å². The Morgan fingerprint density at radius 3 is 2.40 bits per heavy atom. The van der Waals surface area contributed by atoms with Crippen LogP contribution in [-0.4, -0.2) is 32.4 Å². The highest BCUT2D eigenvalue weighted by Crippen LogP contribution is 2.41. The third-order valence-electron chi connectivity index (χ3n) is 3.70. The van der Waals surface area contributed by atoms with Crippen LogP contribution in [0.1, 0.15) is 38.2 Å². The molecule has 0 bridgehead atoms. The van der Waals surface area contributed by atoms with Gasteiger partial charge in [0.1, 0.15) is 11.8 Å². The summed E-state index contributed by atoms with van der Waals surface area (Å²) >= 11 is 0. The lowest BCUT2D eigenvalue weighted by atomic mass is 9.81. The van der Waals surface area contributed by atoms with Crippen molar-refractivity contribution in [2.24, 2.45) is 11.7 Å². The fraction of sp³-hybridized carbons (Fsp3) is 0.500. The van der Waals surface area contributed by atoms with E-state index in [1.165, 1.54) is 6.07 Å². The second kappa shape index (κ2) is 6.47. The van der Waals surface area contributed by atoms with E-state index in [2.05, 4.69) is 0 Å². The minimum atomic E-state index is -1.07. The molecule has 6 heteroatoms. The number of hydrogen-bond donors (Lipinski definition) is 5. The summed E-state index contributed by atoms with van der Waals surface area (Å²) < 4.78 is 0. The van der Waals surface area contributed by atoms with E-state index < -0.39 is 17.8 Å². The van der Waals surface area contributed by atoms with E-state index in [0.717, 1.165) is 6.07 Å². The molecule has 6 N–H and O–H groups in total. The van der Waals surface area contributed by atoms with Gasteiger partial charge in [0.2, 0.25) is 0 Å². The van der Waals surface area contributed by atoms with Gasteiger partial charge in [-0.15, -0.1) is 0 Å². The summed E-state index contributed by atoms with van der Waals surface area (Å²) in [5.74, 6) is -2.25. The average molecular weight is 283 g/mol. The first-order valence-corrected chi connectivity index (χ1v) is 6.51. The van der Waals surface area contributed by atoms with Crippen LogP contribution in [-0.2, 0) is 4.79 Å². The van der Waals surface area contributed by atoms with Gasteiger partial charge in [-0.25, -0.2) is 0 Å². The quantitative estimate of drug-likeness (QED) is 0.400. The third-order valence-corrected chi connectivity index (χ3v) is 3.70. The number of benzene rings is 1. The summed E-state index contributed by atoms with van der Waals surface area (Å²) in [6, 6.07) is 1.44. The number of aromatic hydroxyl groups is 3. The number of rotatable bonds is 6. The number of phenolic OH excluding ortho intramolecular Hbond substituents is 3. The minimum absolute atomic E-state index is 0.0896. The second-order valence-corrected chi connectivity index (χ2v) is 5.04. The first-order valence-electron chi connectivity index (χ1n) is 6.51. The van der Waals surface area contributed by atoms with Crippen LogP contribution in [0.25, 0.3) is 0 Å². The molecule has 112 valence electrons. The molecule has 0 saturated carbocycles. The lowest BCUT2D eigenvalue weighted by molar-refractivity contribution is -0.139. The number of aliphatic carboxylic acids is 1. The van der Waals surface area contributed by atoms with E-state index in [1.807, 2.05) is 6.92 Å².